The number of benzene rings is 1. The third-order valence-electron chi connectivity index (χ3n) is 6.22. The van der Waals surface area contributed by atoms with Crippen LogP contribution in [0.2, 0.25) is 5.02 Å². The van der Waals surface area contributed by atoms with Crippen LogP contribution in [0.25, 0.3) is 22.5 Å². The van der Waals surface area contributed by atoms with Crippen molar-refractivity contribution in [3.63, 3.8) is 0 Å². The van der Waals surface area contributed by atoms with Crippen molar-refractivity contribution < 1.29 is 18.0 Å². The van der Waals surface area contributed by atoms with E-state index >= 15 is 0 Å². The molecule has 1 saturated heterocycles. The summed E-state index contributed by atoms with van der Waals surface area (Å²) in [5.74, 6) is -0.781. The lowest BCUT2D eigenvalue weighted by Crippen LogP contribution is -2.40. The first-order chi connectivity index (χ1) is 16.8. The zero-order valence-electron chi connectivity index (χ0n) is 18.7. The highest BCUT2D eigenvalue weighted by Crippen LogP contribution is 2.28. The number of rotatable bonds is 5. The highest BCUT2D eigenvalue weighted by molar-refractivity contribution is 6.31. The molecule has 12 heteroatoms. The van der Waals surface area contributed by atoms with Crippen LogP contribution in [-0.4, -0.2) is 48.2 Å². The molecule has 0 unspecified atom stereocenters. The van der Waals surface area contributed by atoms with Crippen LogP contribution in [-0.2, 0) is 11.3 Å². The number of likely N-dealkylation sites (tertiary alicyclic amines) is 1. The van der Waals surface area contributed by atoms with Gasteiger partial charge in [0.2, 0.25) is 11.8 Å². The smallest absolute Gasteiger partial charge is 0.329 e. The molecule has 1 aliphatic heterocycles. The molecule has 1 aliphatic rings. The third kappa shape index (κ3) is 4.43. The molecule has 182 valence electrons. The van der Waals surface area contributed by atoms with Gasteiger partial charge in [-0.2, -0.15) is 8.78 Å². The Morgan fingerprint density at radius 1 is 1.17 bits per heavy atom. The van der Waals surface area contributed by atoms with Gasteiger partial charge in [-0.1, -0.05) is 11.6 Å². The fourth-order valence-corrected chi connectivity index (χ4v) is 4.61. The number of hydrogen-bond donors (Lipinski definition) is 0. The highest BCUT2D eigenvalue weighted by atomic mass is 35.5. The molecule has 5 rings (SSSR count). The molecule has 4 heterocycles. The van der Waals surface area contributed by atoms with Crippen LogP contribution in [0.3, 0.4) is 0 Å². The summed E-state index contributed by atoms with van der Waals surface area (Å²) >= 11 is 6.25. The maximum Gasteiger partial charge on any atom is 0.329 e. The van der Waals surface area contributed by atoms with E-state index in [9.17, 15) is 18.4 Å². The monoisotopic (exact) mass is 502 g/mol. The van der Waals surface area contributed by atoms with Crippen molar-refractivity contribution in [2.24, 2.45) is 0 Å². The quantitative estimate of drug-likeness (QED) is 0.408. The Kier molecular flexibility index (Phi) is 6.10. The Bertz CT molecular complexity index is 1440. The number of hydrogen-bond acceptors (Lipinski definition) is 6. The second-order valence-corrected chi connectivity index (χ2v) is 8.83. The Labute approximate surface area is 202 Å². The van der Waals surface area contributed by atoms with Crippen LogP contribution in [0.1, 0.15) is 43.8 Å². The minimum atomic E-state index is -2.85. The second-order valence-electron chi connectivity index (χ2n) is 8.39. The Balaban J connectivity index is 1.45. The van der Waals surface area contributed by atoms with Crippen LogP contribution >= 0.6 is 11.6 Å². The van der Waals surface area contributed by atoms with Crippen LogP contribution in [0.15, 0.2) is 45.7 Å². The summed E-state index contributed by atoms with van der Waals surface area (Å²) in [7, 11) is 0. The summed E-state index contributed by atoms with van der Waals surface area (Å²) < 4.78 is 33.8. The molecule has 0 bridgehead atoms. The Morgan fingerprint density at radius 2 is 1.94 bits per heavy atom. The first-order valence-electron chi connectivity index (χ1n) is 11.0. The molecule has 35 heavy (non-hydrogen) atoms. The highest BCUT2D eigenvalue weighted by Gasteiger charge is 2.26. The number of aromatic nitrogens is 5. The molecule has 0 spiro atoms. The normalized spacial score (nSPS) is 14.8. The zero-order chi connectivity index (χ0) is 24.7. The summed E-state index contributed by atoms with van der Waals surface area (Å²) in [6, 6.07) is 8.59. The summed E-state index contributed by atoms with van der Waals surface area (Å²) in [5.41, 5.74) is 2.23. The lowest BCUT2D eigenvalue weighted by molar-refractivity contribution is -0.130. The standard InChI is InChI=1S/C23H21ClF2N6O3/c1-13(33)30-8-6-17(7-9-30)32-18-5-3-15(24)10-19(18)31(23(32)34)12-16-4-2-14(11-27-16)21-28-29-22(35-21)20(25)26/h2-5,10-11,17,20H,6-9,12H2,1H3. The van der Waals surface area contributed by atoms with Gasteiger partial charge in [-0.05, 0) is 43.2 Å². The predicted octanol–water partition coefficient (Wildman–Crippen LogP) is 4.07. The molecule has 1 aromatic carbocycles. The first kappa shape index (κ1) is 23.2. The zero-order valence-corrected chi connectivity index (χ0v) is 19.5. The van der Waals surface area contributed by atoms with E-state index in [1.165, 1.54) is 6.20 Å². The van der Waals surface area contributed by atoms with E-state index in [4.69, 9.17) is 16.0 Å². The average Bonchev–Trinajstić information content (AvgIpc) is 3.44. The number of piperidine rings is 1. The molecular weight excluding hydrogens is 482 g/mol. The number of carbonyl (C=O) groups is 1. The number of halogens is 3. The van der Waals surface area contributed by atoms with Crippen molar-refractivity contribution in [2.45, 2.75) is 38.8 Å². The van der Waals surface area contributed by atoms with Crippen LogP contribution < -0.4 is 5.69 Å². The van der Waals surface area contributed by atoms with Crippen LogP contribution in [0.4, 0.5) is 8.78 Å². The van der Waals surface area contributed by atoms with Crippen molar-refractivity contribution in [1.82, 2.24) is 29.2 Å². The largest absolute Gasteiger partial charge is 0.415 e. The van der Waals surface area contributed by atoms with Crippen molar-refractivity contribution in [1.29, 1.82) is 0 Å². The number of alkyl halides is 2. The third-order valence-corrected chi connectivity index (χ3v) is 6.45. The first-order valence-corrected chi connectivity index (χ1v) is 11.4. The minimum Gasteiger partial charge on any atom is -0.415 e. The maximum atomic E-state index is 13.5. The Hall–Kier alpha value is -3.60. The number of imidazole rings is 1. The van der Waals surface area contributed by atoms with Crippen molar-refractivity contribution >= 4 is 28.5 Å². The molecule has 0 radical (unpaired) electrons. The van der Waals surface area contributed by atoms with E-state index in [0.29, 0.717) is 47.7 Å². The van der Waals surface area contributed by atoms with Gasteiger partial charge in [-0.15, -0.1) is 10.2 Å². The lowest BCUT2D eigenvalue weighted by Gasteiger charge is -2.31. The SMILES string of the molecule is CC(=O)N1CCC(n2c(=O)n(Cc3ccc(-c4nnc(C(F)F)o4)cn3)c3cc(Cl)ccc32)CC1. The average molecular weight is 503 g/mol. The molecule has 1 fully saturated rings. The van der Waals surface area contributed by atoms with Gasteiger partial charge >= 0.3 is 12.1 Å². The lowest BCUT2D eigenvalue weighted by atomic mass is 10.0. The van der Waals surface area contributed by atoms with Crippen molar-refractivity contribution in [3.05, 3.63) is 63.6 Å². The molecule has 0 aliphatic carbocycles. The molecule has 4 aromatic rings. The van der Waals surface area contributed by atoms with Gasteiger partial charge in [0.1, 0.15) is 0 Å². The molecule has 0 atom stereocenters. The van der Waals surface area contributed by atoms with Gasteiger partial charge in [0.25, 0.3) is 5.89 Å². The molecular formula is C23H21ClF2N6O3. The number of pyridine rings is 1. The minimum absolute atomic E-state index is 0.0329. The Morgan fingerprint density at radius 3 is 2.57 bits per heavy atom. The number of amides is 1. The fourth-order valence-electron chi connectivity index (χ4n) is 4.44. The van der Waals surface area contributed by atoms with Crippen LogP contribution in [0.5, 0.6) is 0 Å². The van der Waals surface area contributed by atoms with Gasteiger partial charge in [0.15, 0.2) is 0 Å². The van der Waals surface area contributed by atoms with E-state index in [-0.39, 0.29) is 30.1 Å². The number of fused-ring (bicyclic) bond motifs is 1. The van der Waals surface area contributed by atoms with E-state index in [0.717, 1.165) is 5.52 Å². The summed E-state index contributed by atoms with van der Waals surface area (Å²) in [6.45, 7) is 2.92. The van der Waals surface area contributed by atoms with Crippen molar-refractivity contribution in [3.8, 4) is 11.5 Å². The van der Waals surface area contributed by atoms with E-state index in [1.54, 1.807) is 45.2 Å². The van der Waals surface area contributed by atoms with Gasteiger partial charge in [-0.25, -0.2) is 4.79 Å². The molecule has 0 N–H and O–H groups in total. The molecule has 3 aromatic heterocycles. The fraction of sp³-hybridized carbons (Fsp3) is 0.348. The maximum absolute atomic E-state index is 13.5. The summed E-state index contributed by atoms with van der Waals surface area (Å²) in [4.78, 5) is 31.4. The summed E-state index contributed by atoms with van der Waals surface area (Å²) in [5, 5.41) is 7.45. The van der Waals surface area contributed by atoms with E-state index < -0.39 is 12.3 Å². The van der Waals surface area contributed by atoms with Gasteiger partial charge in [0.05, 0.1) is 28.8 Å². The molecule has 9 nitrogen and oxygen atoms in total. The molecule has 1 amide bonds. The number of carbonyl (C=O) groups excluding carboxylic acids is 1. The van der Waals surface area contributed by atoms with Gasteiger partial charge in [0, 0.05) is 37.3 Å². The van der Waals surface area contributed by atoms with Crippen molar-refractivity contribution in [2.75, 3.05) is 13.1 Å². The molecule has 0 saturated carbocycles. The van der Waals surface area contributed by atoms with Gasteiger partial charge < -0.3 is 9.32 Å². The van der Waals surface area contributed by atoms with E-state index in [2.05, 4.69) is 15.2 Å². The number of nitrogens with zero attached hydrogens (tertiary/aromatic N) is 6. The second kappa shape index (κ2) is 9.21. The summed E-state index contributed by atoms with van der Waals surface area (Å²) in [6.07, 6.45) is -0.0563. The predicted molar refractivity (Wildman–Crippen MR) is 123 cm³/mol. The van der Waals surface area contributed by atoms with Gasteiger partial charge in [-0.3, -0.25) is 18.9 Å². The van der Waals surface area contributed by atoms with E-state index in [1.807, 2.05) is 6.07 Å². The van der Waals surface area contributed by atoms with Crippen LogP contribution in [0, 0.1) is 0 Å². The topological polar surface area (TPSA) is 99.1 Å².